The van der Waals surface area contributed by atoms with Crippen LogP contribution in [0.3, 0.4) is 0 Å². The van der Waals surface area contributed by atoms with E-state index in [9.17, 15) is 9.59 Å². The van der Waals surface area contributed by atoms with Gasteiger partial charge in [-0.25, -0.2) is 0 Å². The SMILES string of the molecule is CCN1C[C@@H](C(=O)N(C)CCCc2cnn(C)c2)CC1=O. The van der Waals surface area contributed by atoms with Crippen molar-refractivity contribution in [3.05, 3.63) is 18.0 Å². The fourth-order valence-corrected chi connectivity index (χ4v) is 2.79. The van der Waals surface area contributed by atoms with Crippen molar-refractivity contribution in [3.8, 4) is 0 Å². The summed E-state index contributed by atoms with van der Waals surface area (Å²) in [6, 6.07) is 0. The van der Waals surface area contributed by atoms with Crippen LogP contribution in [0.4, 0.5) is 0 Å². The molecule has 0 spiro atoms. The Morgan fingerprint density at radius 1 is 1.52 bits per heavy atom. The number of amides is 2. The van der Waals surface area contributed by atoms with Crippen LogP contribution in [0.1, 0.15) is 25.3 Å². The third kappa shape index (κ3) is 3.83. The van der Waals surface area contributed by atoms with Gasteiger partial charge in [-0.2, -0.15) is 5.10 Å². The van der Waals surface area contributed by atoms with E-state index in [1.165, 1.54) is 5.56 Å². The Balaban J connectivity index is 1.76. The van der Waals surface area contributed by atoms with Crippen molar-refractivity contribution in [2.24, 2.45) is 13.0 Å². The van der Waals surface area contributed by atoms with Crippen LogP contribution in [0.5, 0.6) is 0 Å². The molecule has 1 aliphatic rings. The first-order chi connectivity index (χ1) is 10.0. The average molecular weight is 292 g/mol. The quantitative estimate of drug-likeness (QED) is 0.775. The van der Waals surface area contributed by atoms with Gasteiger partial charge in [0.15, 0.2) is 0 Å². The molecule has 116 valence electrons. The topological polar surface area (TPSA) is 58.4 Å². The number of hydrogen-bond acceptors (Lipinski definition) is 3. The number of nitrogens with zero attached hydrogens (tertiary/aromatic N) is 4. The lowest BCUT2D eigenvalue weighted by atomic mass is 10.1. The minimum absolute atomic E-state index is 0.0884. The van der Waals surface area contributed by atoms with Crippen molar-refractivity contribution in [2.45, 2.75) is 26.2 Å². The molecule has 1 atom stereocenters. The van der Waals surface area contributed by atoms with Gasteiger partial charge in [0, 0.05) is 46.3 Å². The molecular formula is C15H24N4O2. The molecule has 21 heavy (non-hydrogen) atoms. The van der Waals surface area contributed by atoms with Gasteiger partial charge < -0.3 is 9.80 Å². The first kappa shape index (κ1) is 15.5. The van der Waals surface area contributed by atoms with Gasteiger partial charge in [0.25, 0.3) is 0 Å². The second kappa shape index (κ2) is 6.74. The summed E-state index contributed by atoms with van der Waals surface area (Å²) >= 11 is 0. The molecule has 0 radical (unpaired) electrons. The van der Waals surface area contributed by atoms with Crippen LogP contribution in [0.15, 0.2) is 12.4 Å². The van der Waals surface area contributed by atoms with Gasteiger partial charge in [0.05, 0.1) is 12.1 Å². The van der Waals surface area contributed by atoms with Crippen molar-refractivity contribution in [2.75, 3.05) is 26.7 Å². The number of carbonyl (C=O) groups excluding carboxylic acids is 2. The summed E-state index contributed by atoms with van der Waals surface area (Å²) in [4.78, 5) is 27.5. The first-order valence-electron chi connectivity index (χ1n) is 7.51. The molecule has 1 aromatic heterocycles. The van der Waals surface area contributed by atoms with E-state index in [2.05, 4.69) is 5.10 Å². The Morgan fingerprint density at radius 3 is 2.86 bits per heavy atom. The predicted molar refractivity (Wildman–Crippen MR) is 79.5 cm³/mol. The fraction of sp³-hybridized carbons (Fsp3) is 0.667. The Labute approximate surface area is 125 Å². The maximum atomic E-state index is 12.3. The Morgan fingerprint density at radius 2 is 2.29 bits per heavy atom. The minimum atomic E-state index is -0.166. The van der Waals surface area contributed by atoms with Crippen LogP contribution in [0, 0.1) is 5.92 Å². The molecule has 0 aromatic carbocycles. The predicted octanol–water partition coefficient (Wildman–Crippen LogP) is 0.679. The summed E-state index contributed by atoms with van der Waals surface area (Å²) in [6.45, 7) is 3.92. The van der Waals surface area contributed by atoms with Crippen molar-refractivity contribution in [1.82, 2.24) is 19.6 Å². The van der Waals surface area contributed by atoms with E-state index in [1.54, 1.807) is 14.5 Å². The van der Waals surface area contributed by atoms with E-state index in [0.717, 1.165) is 12.8 Å². The highest BCUT2D eigenvalue weighted by Gasteiger charge is 2.34. The van der Waals surface area contributed by atoms with Crippen LogP contribution in [0.2, 0.25) is 0 Å². The summed E-state index contributed by atoms with van der Waals surface area (Å²) in [5.74, 6) is 0.0194. The van der Waals surface area contributed by atoms with Gasteiger partial charge in [-0.1, -0.05) is 0 Å². The molecular weight excluding hydrogens is 268 g/mol. The molecule has 1 saturated heterocycles. The maximum Gasteiger partial charge on any atom is 0.227 e. The lowest BCUT2D eigenvalue weighted by Crippen LogP contribution is -2.35. The zero-order valence-corrected chi connectivity index (χ0v) is 13.1. The highest BCUT2D eigenvalue weighted by atomic mass is 16.2. The normalized spacial score (nSPS) is 18.3. The van der Waals surface area contributed by atoms with E-state index in [-0.39, 0.29) is 17.7 Å². The van der Waals surface area contributed by atoms with Crippen LogP contribution >= 0.6 is 0 Å². The molecule has 1 aromatic rings. The molecule has 1 fully saturated rings. The van der Waals surface area contributed by atoms with Crippen LogP contribution < -0.4 is 0 Å². The molecule has 2 heterocycles. The number of hydrogen-bond donors (Lipinski definition) is 0. The number of rotatable bonds is 6. The third-order valence-corrected chi connectivity index (χ3v) is 4.04. The second-order valence-corrected chi connectivity index (χ2v) is 5.72. The summed E-state index contributed by atoms with van der Waals surface area (Å²) in [7, 11) is 3.72. The number of aryl methyl sites for hydroxylation is 2. The highest BCUT2D eigenvalue weighted by molar-refractivity contribution is 5.89. The van der Waals surface area contributed by atoms with Gasteiger partial charge >= 0.3 is 0 Å². The zero-order chi connectivity index (χ0) is 15.4. The summed E-state index contributed by atoms with van der Waals surface area (Å²) in [6.07, 6.45) is 6.04. The maximum absolute atomic E-state index is 12.3. The van der Waals surface area contributed by atoms with Crippen molar-refractivity contribution >= 4 is 11.8 Å². The van der Waals surface area contributed by atoms with E-state index >= 15 is 0 Å². The molecule has 0 N–H and O–H groups in total. The van der Waals surface area contributed by atoms with Gasteiger partial charge in [-0.05, 0) is 25.3 Å². The van der Waals surface area contributed by atoms with E-state index < -0.39 is 0 Å². The Kier molecular flexibility index (Phi) is 4.98. The van der Waals surface area contributed by atoms with Gasteiger partial charge in [0.1, 0.15) is 0 Å². The highest BCUT2D eigenvalue weighted by Crippen LogP contribution is 2.19. The Bertz CT molecular complexity index is 512. The molecule has 0 aliphatic carbocycles. The standard InChI is InChI=1S/C15H24N4O2/c1-4-19-11-13(8-14(19)20)15(21)17(2)7-5-6-12-9-16-18(3)10-12/h9-10,13H,4-8,11H2,1-3H3/t13-/m0/s1. The van der Waals surface area contributed by atoms with Crippen molar-refractivity contribution in [1.29, 1.82) is 0 Å². The smallest absolute Gasteiger partial charge is 0.227 e. The van der Waals surface area contributed by atoms with Gasteiger partial charge in [-0.3, -0.25) is 14.3 Å². The number of aromatic nitrogens is 2. The monoisotopic (exact) mass is 292 g/mol. The van der Waals surface area contributed by atoms with Crippen molar-refractivity contribution in [3.63, 3.8) is 0 Å². The molecule has 0 unspecified atom stereocenters. The number of likely N-dealkylation sites (tertiary alicyclic amines) is 1. The van der Waals surface area contributed by atoms with Crippen LogP contribution in [0.25, 0.3) is 0 Å². The lowest BCUT2D eigenvalue weighted by Gasteiger charge is -2.21. The fourth-order valence-electron chi connectivity index (χ4n) is 2.79. The second-order valence-electron chi connectivity index (χ2n) is 5.72. The molecule has 2 rings (SSSR count). The summed E-state index contributed by atoms with van der Waals surface area (Å²) < 4.78 is 1.79. The van der Waals surface area contributed by atoms with E-state index in [1.807, 2.05) is 33.4 Å². The molecule has 0 saturated carbocycles. The number of carbonyl (C=O) groups is 2. The largest absolute Gasteiger partial charge is 0.345 e. The molecule has 6 heteroatoms. The summed E-state index contributed by atoms with van der Waals surface area (Å²) in [5, 5.41) is 4.13. The average Bonchev–Trinajstić information content (AvgIpc) is 3.03. The van der Waals surface area contributed by atoms with Gasteiger partial charge in [0.2, 0.25) is 11.8 Å². The van der Waals surface area contributed by atoms with Gasteiger partial charge in [-0.15, -0.1) is 0 Å². The molecule has 6 nitrogen and oxygen atoms in total. The van der Waals surface area contributed by atoms with Crippen LogP contribution in [-0.4, -0.2) is 58.1 Å². The van der Waals surface area contributed by atoms with E-state index in [0.29, 0.717) is 26.1 Å². The molecule has 0 bridgehead atoms. The molecule has 2 amide bonds. The minimum Gasteiger partial charge on any atom is -0.345 e. The third-order valence-electron chi connectivity index (χ3n) is 4.04. The van der Waals surface area contributed by atoms with E-state index in [4.69, 9.17) is 0 Å². The zero-order valence-electron chi connectivity index (χ0n) is 13.1. The molecule has 1 aliphatic heterocycles. The lowest BCUT2D eigenvalue weighted by molar-refractivity contribution is -0.134. The van der Waals surface area contributed by atoms with Crippen molar-refractivity contribution < 1.29 is 9.59 Å². The first-order valence-corrected chi connectivity index (χ1v) is 7.51. The Hall–Kier alpha value is -1.85. The van der Waals surface area contributed by atoms with Crippen LogP contribution in [-0.2, 0) is 23.1 Å². The summed E-state index contributed by atoms with van der Waals surface area (Å²) in [5.41, 5.74) is 1.19.